The number of hydrogen-bond acceptors (Lipinski definition) is 3. The molecule has 1 aromatic heterocycles. The smallest absolute Gasteiger partial charge is 0.310 e. The second kappa shape index (κ2) is 4.77. The number of aryl methyl sites for hydroxylation is 1. The minimum Gasteiger partial charge on any atom is -0.469 e. The Morgan fingerprint density at radius 3 is 2.83 bits per heavy atom. The van der Waals surface area contributed by atoms with E-state index in [0.29, 0.717) is 6.42 Å². The maximum Gasteiger partial charge on any atom is 0.310 e. The van der Waals surface area contributed by atoms with Crippen LogP contribution >= 0.6 is 12.4 Å². The summed E-state index contributed by atoms with van der Waals surface area (Å²) in [7, 11) is 3.18. The number of halogens is 1. The molecule has 12 heavy (non-hydrogen) atoms. The molecular formula is C7H11ClN2O2. The molecule has 1 rings (SSSR count). The number of rotatable bonds is 2. The Bertz CT molecular complexity index is 260. The lowest BCUT2D eigenvalue weighted by molar-refractivity contribution is -0.139. The monoisotopic (exact) mass is 190 g/mol. The van der Waals surface area contributed by atoms with Gasteiger partial charge in [0.25, 0.3) is 0 Å². The molecule has 1 heterocycles. The van der Waals surface area contributed by atoms with Gasteiger partial charge in [0.1, 0.15) is 0 Å². The molecule has 0 saturated heterocycles. The molecule has 0 aromatic carbocycles. The van der Waals surface area contributed by atoms with Gasteiger partial charge in [-0.15, -0.1) is 12.4 Å². The van der Waals surface area contributed by atoms with Gasteiger partial charge in [0, 0.05) is 18.8 Å². The van der Waals surface area contributed by atoms with Crippen LogP contribution in [0.25, 0.3) is 0 Å². The molecule has 0 aliphatic rings. The van der Waals surface area contributed by atoms with E-state index in [-0.39, 0.29) is 18.4 Å². The third-order valence-corrected chi connectivity index (χ3v) is 1.33. The van der Waals surface area contributed by atoms with Crippen LogP contribution in [0.1, 0.15) is 5.56 Å². The molecule has 0 atom stereocenters. The summed E-state index contributed by atoms with van der Waals surface area (Å²) in [6.07, 6.45) is 3.73. The van der Waals surface area contributed by atoms with Crippen molar-refractivity contribution in [2.75, 3.05) is 7.11 Å². The van der Waals surface area contributed by atoms with Gasteiger partial charge < -0.3 is 4.74 Å². The molecule has 0 aliphatic carbocycles. The van der Waals surface area contributed by atoms with Crippen molar-refractivity contribution in [3.63, 3.8) is 0 Å². The fraction of sp³-hybridized carbons (Fsp3) is 0.429. The first-order valence-electron chi connectivity index (χ1n) is 3.26. The van der Waals surface area contributed by atoms with Crippen LogP contribution in [0.5, 0.6) is 0 Å². The number of methoxy groups -OCH3 is 1. The second-order valence-electron chi connectivity index (χ2n) is 2.28. The van der Waals surface area contributed by atoms with Crippen LogP contribution in [-0.4, -0.2) is 22.9 Å². The third kappa shape index (κ3) is 2.92. The number of nitrogens with zero attached hydrogens (tertiary/aromatic N) is 2. The quantitative estimate of drug-likeness (QED) is 0.640. The van der Waals surface area contributed by atoms with Crippen LogP contribution in [-0.2, 0) is 23.0 Å². The highest BCUT2D eigenvalue weighted by molar-refractivity contribution is 5.85. The van der Waals surface area contributed by atoms with Crippen molar-refractivity contribution in [1.29, 1.82) is 0 Å². The zero-order valence-electron chi connectivity index (χ0n) is 6.98. The highest BCUT2D eigenvalue weighted by Crippen LogP contribution is 1.97. The zero-order valence-corrected chi connectivity index (χ0v) is 7.80. The minimum absolute atomic E-state index is 0. The van der Waals surface area contributed by atoms with E-state index in [2.05, 4.69) is 9.84 Å². The predicted molar refractivity (Wildman–Crippen MR) is 46.2 cm³/mol. The molecule has 0 N–H and O–H groups in total. The van der Waals surface area contributed by atoms with E-state index in [1.807, 2.05) is 0 Å². The van der Waals surface area contributed by atoms with Crippen LogP contribution in [0.15, 0.2) is 12.4 Å². The lowest BCUT2D eigenvalue weighted by atomic mass is 10.3. The van der Waals surface area contributed by atoms with Gasteiger partial charge >= 0.3 is 5.97 Å². The average molecular weight is 191 g/mol. The maximum absolute atomic E-state index is 10.7. The highest BCUT2D eigenvalue weighted by atomic mass is 35.5. The molecule has 4 nitrogen and oxygen atoms in total. The van der Waals surface area contributed by atoms with Crippen molar-refractivity contribution in [1.82, 2.24) is 9.78 Å². The van der Waals surface area contributed by atoms with Gasteiger partial charge in [-0.25, -0.2) is 0 Å². The molecule has 0 saturated carbocycles. The first-order valence-corrected chi connectivity index (χ1v) is 3.26. The van der Waals surface area contributed by atoms with Crippen molar-refractivity contribution in [3.8, 4) is 0 Å². The van der Waals surface area contributed by atoms with E-state index in [1.54, 1.807) is 24.1 Å². The van der Waals surface area contributed by atoms with Crippen molar-refractivity contribution in [2.45, 2.75) is 6.42 Å². The number of carbonyl (C=O) groups excluding carboxylic acids is 1. The SMILES string of the molecule is COC(=O)Cc1cnn(C)c1.Cl. The molecule has 1 aromatic rings. The molecule has 0 spiro atoms. The van der Waals surface area contributed by atoms with E-state index < -0.39 is 0 Å². The molecular weight excluding hydrogens is 180 g/mol. The van der Waals surface area contributed by atoms with E-state index in [4.69, 9.17) is 0 Å². The van der Waals surface area contributed by atoms with Crippen molar-refractivity contribution >= 4 is 18.4 Å². The summed E-state index contributed by atoms with van der Waals surface area (Å²) in [5, 5.41) is 3.91. The van der Waals surface area contributed by atoms with Gasteiger partial charge in [0.15, 0.2) is 0 Å². The molecule has 5 heteroatoms. The lowest BCUT2D eigenvalue weighted by Gasteiger charge is -1.93. The van der Waals surface area contributed by atoms with E-state index in [0.717, 1.165) is 5.56 Å². The zero-order chi connectivity index (χ0) is 8.27. The Labute approximate surface area is 76.9 Å². The predicted octanol–water partition coefficient (Wildman–Crippen LogP) is 0.557. The highest BCUT2D eigenvalue weighted by Gasteiger charge is 2.03. The lowest BCUT2D eigenvalue weighted by Crippen LogP contribution is -2.03. The summed E-state index contributed by atoms with van der Waals surface area (Å²) in [6, 6.07) is 0. The fourth-order valence-electron chi connectivity index (χ4n) is 0.802. The third-order valence-electron chi connectivity index (χ3n) is 1.33. The first kappa shape index (κ1) is 11.0. The number of aromatic nitrogens is 2. The van der Waals surface area contributed by atoms with Crippen LogP contribution in [0.2, 0.25) is 0 Å². The van der Waals surface area contributed by atoms with Crippen LogP contribution in [0.3, 0.4) is 0 Å². The Morgan fingerprint density at radius 2 is 2.42 bits per heavy atom. The van der Waals surface area contributed by atoms with Gasteiger partial charge in [-0.2, -0.15) is 5.10 Å². The largest absolute Gasteiger partial charge is 0.469 e. The first-order chi connectivity index (χ1) is 5.22. The summed E-state index contributed by atoms with van der Waals surface area (Å²) in [5.74, 6) is -0.238. The molecule has 0 unspecified atom stereocenters. The normalized spacial score (nSPS) is 8.83. The number of carbonyl (C=O) groups is 1. The summed E-state index contributed by atoms with van der Waals surface area (Å²) < 4.78 is 6.14. The second-order valence-corrected chi connectivity index (χ2v) is 2.28. The number of hydrogen-bond donors (Lipinski definition) is 0. The van der Waals surface area contributed by atoms with Crippen molar-refractivity contribution in [3.05, 3.63) is 18.0 Å². The molecule has 0 aliphatic heterocycles. The van der Waals surface area contributed by atoms with Gasteiger partial charge in [-0.3, -0.25) is 9.48 Å². The van der Waals surface area contributed by atoms with Crippen LogP contribution < -0.4 is 0 Å². The van der Waals surface area contributed by atoms with E-state index in [9.17, 15) is 4.79 Å². The number of esters is 1. The van der Waals surface area contributed by atoms with Crippen LogP contribution in [0, 0.1) is 0 Å². The summed E-state index contributed by atoms with van der Waals surface area (Å²) in [5.41, 5.74) is 0.874. The fourth-order valence-corrected chi connectivity index (χ4v) is 0.802. The van der Waals surface area contributed by atoms with Crippen LogP contribution in [0.4, 0.5) is 0 Å². The number of ether oxygens (including phenoxy) is 1. The summed E-state index contributed by atoms with van der Waals surface area (Å²) in [4.78, 5) is 10.7. The molecule has 0 fully saturated rings. The molecule has 0 bridgehead atoms. The maximum atomic E-state index is 10.7. The van der Waals surface area contributed by atoms with E-state index >= 15 is 0 Å². The topological polar surface area (TPSA) is 44.1 Å². The molecule has 0 amide bonds. The molecule has 68 valence electrons. The average Bonchev–Trinajstić information content (AvgIpc) is 2.35. The Hall–Kier alpha value is -1.03. The Balaban J connectivity index is 0.00000121. The van der Waals surface area contributed by atoms with E-state index in [1.165, 1.54) is 7.11 Å². The van der Waals surface area contributed by atoms with Crippen molar-refractivity contribution in [2.24, 2.45) is 7.05 Å². The standard InChI is InChI=1S/C7H10N2O2.ClH/c1-9-5-6(4-8-9)3-7(10)11-2;/h4-5H,3H2,1-2H3;1H. The molecule has 0 radical (unpaired) electrons. The summed E-state index contributed by atoms with van der Waals surface area (Å²) >= 11 is 0. The van der Waals surface area contributed by atoms with Gasteiger partial charge in [0.2, 0.25) is 0 Å². The minimum atomic E-state index is -0.238. The summed E-state index contributed by atoms with van der Waals surface area (Å²) in [6.45, 7) is 0. The van der Waals surface area contributed by atoms with Crippen molar-refractivity contribution < 1.29 is 9.53 Å². The van der Waals surface area contributed by atoms with Gasteiger partial charge in [0.05, 0.1) is 19.7 Å². The Kier molecular flexibility index (Phi) is 4.36. The van der Waals surface area contributed by atoms with Gasteiger partial charge in [-0.05, 0) is 0 Å². The Morgan fingerprint density at radius 1 is 1.75 bits per heavy atom. The van der Waals surface area contributed by atoms with Gasteiger partial charge in [-0.1, -0.05) is 0 Å².